The van der Waals surface area contributed by atoms with Gasteiger partial charge in [0.2, 0.25) is 0 Å². The second kappa shape index (κ2) is 10.1. The van der Waals surface area contributed by atoms with Crippen molar-refractivity contribution in [2.24, 2.45) is 5.92 Å². The number of benzene rings is 2. The Morgan fingerprint density at radius 1 is 0.966 bits per heavy atom. The van der Waals surface area contributed by atoms with Crippen LogP contribution in [0.1, 0.15) is 54.1 Å². The van der Waals surface area contributed by atoms with Crippen LogP contribution < -0.4 is 4.74 Å². The monoisotopic (exact) mass is 396 g/mol. The molecule has 0 unspecified atom stereocenters. The molecule has 1 aliphatic rings. The van der Waals surface area contributed by atoms with E-state index >= 15 is 0 Å². The highest BCUT2D eigenvalue weighted by Gasteiger charge is 2.28. The lowest BCUT2D eigenvalue weighted by molar-refractivity contribution is -0.149. The molecule has 5 heteroatoms. The third kappa shape index (κ3) is 5.83. The van der Waals surface area contributed by atoms with Gasteiger partial charge in [-0.1, -0.05) is 30.3 Å². The van der Waals surface area contributed by atoms with Gasteiger partial charge in [-0.05, 0) is 68.9 Å². The zero-order valence-corrected chi connectivity index (χ0v) is 17.1. The number of rotatable bonds is 7. The lowest BCUT2D eigenvalue weighted by atomic mass is 9.87. The number of hydrogen-bond donors (Lipinski definition) is 0. The van der Waals surface area contributed by atoms with E-state index in [2.05, 4.69) is 0 Å². The fourth-order valence-corrected chi connectivity index (χ4v) is 3.61. The SMILES string of the molecule is CCOC(=O)[C@H]1CC[C@@H](Oc2ccc(C(=O)OCc3ccccc3)c(C)c2)CC1. The van der Waals surface area contributed by atoms with E-state index in [9.17, 15) is 9.59 Å². The normalized spacial score (nSPS) is 18.7. The van der Waals surface area contributed by atoms with E-state index in [0.29, 0.717) is 12.2 Å². The first-order valence-corrected chi connectivity index (χ1v) is 10.2. The number of ether oxygens (including phenoxy) is 3. The van der Waals surface area contributed by atoms with Gasteiger partial charge in [-0.2, -0.15) is 0 Å². The third-order valence-electron chi connectivity index (χ3n) is 5.23. The molecule has 0 spiro atoms. The van der Waals surface area contributed by atoms with Crippen LogP contribution in [0.5, 0.6) is 5.75 Å². The van der Waals surface area contributed by atoms with Crippen molar-refractivity contribution >= 4 is 11.9 Å². The van der Waals surface area contributed by atoms with Gasteiger partial charge < -0.3 is 14.2 Å². The Morgan fingerprint density at radius 3 is 2.34 bits per heavy atom. The van der Waals surface area contributed by atoms with Gasteiger partial charge in [0.1, 0.15) is 12.4 Å². The third-order valence-corrected chi connectivity index (χ3v) is 5.23. The molecule has 3 rings (SSSR count). The average molecular weight is 396 g/mol. The van der Waals surface area contributed by atoms with Crippen molar-refractivity contribution in [3.63, 3.8) is 0 Å². The summed E-state index contributed by atoms with van der Waals surface area (Å²) in [5.41, 5.74) is 2.32. The molecule has 154 valence electrons. The maximum Gasteiger partial charge on any atom is 0.338 e. The molecule has 2 aromatic rings. The predicted molar refractivity (Wildman–Crippen MR) is 110 cm³/mol. The van der Waals surface area contributed by atoms with Crippen molar-refractivity contribution in [1.82, 2.24) is 0 Å². The molecule has 0 atom stereocenters. The zero-order chi connectivity index (χ0) is 20.6. The van der Waals surface area contributed by atoms with Crippen LogP contribution in [0.4, 0.5) is 0 Å². The Hall–Kier alpha value is -2.82. The predicted octanol–water partition coefficient (Wildman–Crippen LogP) is 4.85. The van der Waals surface area contributed by atoms with Gasteiger partial charge in [-0.15, -0.1) is 0 Å². The topological polar surface area (TPSA) is 61.8 Å². The van der Waals surface area contributed by atoms with E-state index in [0.717, 1.165) is 42.6 Å². The van der Waals surface area contributed by atoms with Crippen LogP contribution in [0.3, 0.4) is 0 Å². The van der Waals surface area contributed by atoms with Crippen LogP contribution in [0.2, 0.25) is 0 Å². The molecule has 1 aliphatic carbocycles. The number of esters is 2. The van der Waals surface area contributed by atoms with Crippen molar-refractivity contribution in [1.29, 1.82) is 0 Å². The molecule has 0 bridgehead atoms. The Morgan fingerprint density at radius 2 is 1.69 bits per heavy atom. The van der Waals surface area contributed by atoms with Gasteiger partial charge in [0, 0.05) is 0 Å². The van der Waals surface area contributed by atoms with Gasteiger partial charge >= 0.3 is 11.9 Å². The summed E-state index contributed by atoms with van der Waals surface area (Å²) in [6, 6.07) is 15.0. The Kier molecular flexibility index (Phi) is 7.28. The molecule has 29 heavy (non-hydrogen) atoms. The van der Waals surface area contributed by atoms with Crippen molar-refractivity contribution in [2.75, 3.05) is 6.61 Å². The highest BCUT2D eigenvalue weighted by Crippen LogP contribution is 2.29. The second-order valence-corrected chi connectivity index (χ2v) is 7.38. The molecular weight excluding hydrogens is 368 g/mol. The number of hydrogen-bond acceptors (Lipinski definition) is 5. The van der Waals surface area contributed by atoms with Crippen molar-refractivity contribution < 1.29 is 23.8 Å². The summed E-state index contributed by atoms with van der Waals surface area (Å²) in [5, 5.41) is 0. The largest absolute Gasteiger partial charge is 0.490 e. The lowest BCUT2D eigenvalue weighted by Crippen LogP contribution is -2.29. The molecular formula is C24H28O5. The lowest BCUT2D eigenvalue weighted by Gasteiger charge is -2.28. The van der Waals surface area contributed by atoms with Crippen molar-refractivity contribution in [3.05, 3.63) is 65.2 Å². The quantitative estimate of drug-likeness (QED) is 0.626. The van der Waals surface area contributed by atoms with Crippen molar-refractivity contribution in [3.8, 4) is 5.75 Å². The van der Waals surface area contributed by atoms with Gasteiger partial charge in [-0.3, -0.25) is 4.79 Å². The molecule has 0 N–H and O–H groups in total. The molecule has 0 saturated heterocycles. The van der Waals surface area contributed by atoms with E-state index in [1.807, 2.05) is 56.3 Å². The average Bonchev–Trinajstić information content (AvgIpc) is 2.73. The number of carbonyl (C=O) groups excluding carboxylic acids is 2. The first-order valence-electron chi connectivity index (χ1n) is 10.2. The fraction of sp³-hybridized carbons (Fsp3) is 0.417. The number of aryl methyl sites for hydroxylation is 1. The molecule has 0 radical (unpaired) electrons. The Balaban J connectivity index is 1.52. The van der Waals surface area contributed by atoms with Crippen LogP contribution >= 0.6 is 0 Å². The number of carbonyl (C=O) groups is 2. The molecule has 0 aliphatic heterocycles. The zero-order valence-electron chi connectivity index (χ0n) is 17.1. The smallest absolute Gasteiger partial charge is 0.338 e. The van der Waals surface area contributed by atoms with Crippen LogP contribution in [0, 0.1) is 12.8 Å². The molecule has 0 amide bonds. The Labute approximate surface area is 172 Å². The fourth-order valence-electron chi connectivity index (χ4n) is 3.61. The van der Waals surface area contributed by atoms with Crippen LogP contribution in [-0.4, -0.2) is 24.6 Å². The highest BCUT2D eigenvalue weighted by molar-refractivity contribution is 5.91. The van der Waals surface area contributed by atoms with Gasteiger partial charge in [0.25, 0.3) is 0 Å². The molecule has 0 heterocycles. The van der Waals surface area contributed by atoms with Crippen LogP contribution in [0.25, 0.3) is 0 Å². The summed E-state index contributed by atoms with van der Waals surface area (Å²) < 4.78 is 16.6. The highest BCUT2D eigenvalue weighted by atomic mass is 16.5. The molecule has 0 aromatic heterocycles. The minimum absolute atomic E-state index is 0.0155. The first kappa shape index (κ1) is 20.9. The van der Waals surface area contributed by atoms with E-state index in [1.165, 1.54) is 0 Å². The summed E-state index contributed by atoms with van der Waals surface area (Å²) in [7, 11) is 0. The maximum atomic E-state index is 12.4. The van der Waals surface area contributed by atoms with E-state index < -0.39 is 0 Å². The summed E-state index contributed by atoms with van der Waals surface area (Å²) in [4.78, 5) is 24.2. The second-order valence-electron chi connectivity index (χ2n) is 7.38. The first-order chi connectivity index (χ1) is 14.1. The Bertz CT molecular complexity index is 822. The summed E-state index contributed by atoms with van der Waals surface area (Å²) in [5.74, 6) is 0.285. The van der Waals surface area contributed by atoms with Gasteiger partial charge in [0.05, 0.1) is 24.2 Å². The molecule has 1 fully saturated rings. The minimum Gasteiger partial charge on any atom is -0.490 e. The summed E-state index contributed by atoms with van der Waals surface area (Å²) in [6.07, 6.45) is 3.29. The van der Waals surface area contributed by atoms with Gasteiger partial charge in [-0.25, -0.2) is 4.79 Å². The minimum atomic E-state index is -0.340. The van der Waals surface area contributed by atoms with E-state index in [-0.39, 0.29) is 30.6 Å². The summed E-state index contributed by atoms with van der Waals surface area (Å²) in [6.45, 7) is 4.38. The van der Waals surface area contributed by atoms with E-state index in [1.54, 1.807) is 6.07 Å². The van der Waals surface area contributed by atoms with Crippen LogP contribution in [0.15, 0.2) is 48.5 Å². The van der Waals surface area contributed by atoms with E-state index in [4.69, 9.17) is 14.2 Å². The van der Waals surface area contributed by atoms with Crippen LogP contribution in [-0.2, 0) is 20.9 Å². The maximum absolute atomic E-state index is 12.4. The van der Waals surface area contributed by atoms with Crippen molar-refractivity contribution in [2.45, 2.75) is 52.2 Å². The summed E-state index contributed by atoms with van der Waals surface area (Å²) >= 11 is 0. The standard InChI is InChI=1S/C24H28O5/c1-3-27-23(25)19-9-11-20(12-10-19)29-21-13-14-22(17(2)15-21)24(26)28-16-18-7-5-4-6-8-18/h4-8,13-15,19-20H,3,9-12,16H2,1-2H3/t19-,20+. The molecule has 5 nitrogen and oxygen atoms in total. The molecule has 2 aromatic carbocycles. The van der Waals surface area contributed by atoms with Gasteiger partial charge in [0.15, 0.2) is 0 Å². The molecule has 1 saturated carbocycles.